The van der Waals surface area contributed by atoms with Gasteiger partial charge in [0.25, 0.3) is 0 Å². The summed E-state index contributed by atoms with van der Waals surface area (Å²) in [6.45, 7) is 14.6. The van der Waals surface area contributed by atoms with E-state index in [0.29, 0.717) is 68.1 Å². The van der Waals surface area contributed by atoms with Gasteiger partial charge in [-0.3, -0.25) is 4.90 Å². The summed E-state index contributed by atoms with van der Waals surface area (Å²) >= 11 is 0. The summed E-state index contributed by atoms with van der Waals surface area (Å²) < 4.78 is 49.3. The van der Waals surface area contributed by atoms with Crippen molar-refractivity contribution in [3.8, 4) is 0 Å². The Morgan fingerprint density at radius 2 is 1.98 bits per heavy atom. The van der Waals surface area contributed by atoms with Crippen LogP contribution in [-0.2, 0) is 17.5 Å². The number of benzene rings is 1. The normalized spacial score (nSPS) is 25.4. The second-order valence-electron chi connectivity index (χ2n) is 13.1. The molecule has 1 atom stereocenters. The Labute approximate surface area is 272 Å². The van der Waals surface area contributed by atoms with Crippen LogP contribution in [0.15, 0.2) is 63.7 Å². The lowest BCUT2D eigenvalue weighted by molar-refractivity contribution is -0.138. The van der Waals surface area contributed by atoms with E-state index in [1.54, 1.807) is 17.4 Å². The molecule has 3 saturated heterocycles. The Kier molecular flexibility index (Phi) is 10.5. The molecule has 3 fully saturated rings. The van der Waals surface area contributed by atoms with E-state index in [1.165, 1.54) is 12.1 Å². The van der Waals surface area contributed by atoms with Crippen LogP contribution >= 0.6 is 8.15 Å². The summed E-state index contributed by atoms with van der Waals surface area (Å²) in [4.78, 5) is 20.8. The largest absolute Gasteiger partial charge is 0.416 e. The quantitative estimate of drug-likeness (QED) is 0.193. The summed E-state index contributed by atoms with van der Waals surface area (Å²) in [5.74, 6) is 1.37. The highest BCUT2D eigenvalue weighted by molar-refractivity contribution is 7.53. The van der Waals surface area contributed by atoms with Gasteiger partial charge in [-0.15, -0.1) is 5.10 Å². The van der Waals surface area contributed by atoms with Gasteiger partial charge in [-0.25, -0.2) is 10.0 Å². The van der Waals surface area contributed by atoms with E-state index < -0.39 is 19.9 Å². The van der Waals surface area contributed by atoms with Crippen LogP contribution in [0.25, 0.3) is 0 Å². The van der Waals surface area contributed by atoms with Gasteiger partial charge in [0.05, 0.1) is 36.5 Å². The number of anilines is 1. The molecule has 0 amide bonds. The third kappa shape index (κ3) is 7.62. The summed E-state index contributed by atoms with van der Waals surface area (Å²) in [6.07, 6.45) is 2.36. The van der Waals surface area contributed by atoms with Crippen molar-refractivity contribution in [3.63, 3.8) is 0 Å². The molecule has 46 heavy (non-hydrogen) atoms. The Morgan fingerprint density at radius 1 is 1.26 bits per heavy atom. The fourth-order valence-corrected chi connectivity index (χ4v) is 8.40. The molecule has 0 saturated carbocycles. The Hall–Kier alpha value is -2.92. The first-order chi connectivity index (χ1) is 21.8. The van der Waals surface area contributed by atoms with Crippen LogP contribution in [0.1, 0.15) is 44.7 Å². The molecule has 13 heteroatoms. The number of rotatable bonds is 9. The van der Waals surface area contributed by atoms with Gasteiger partial charge in [0.15, 0.2) is 5.84 Å². The fraction of sp³-hybridized carbons (Fsp3) is 0.576. The Morgan fingerprint density at radius 3 is 2.61 bits per heavy atom. The minimum Gasteiger partial charge on any atom is -0.378 e. The van der Waals surface area contributed by atoms with Crippen LogP contribution in [0.5, 0.6) is 0 Å². The standard InChI is InChI=1S/C33H47F3N7O2P/c1-7-23(2)24(3)31(43-25(4)29(37-22-40(5)6)17-30(39-43)42-13-15-45-16-14-42)38-28-10-8-9-27(33(34,35)36)26(28)18-41-12-11-32(19-41)20-46(44)21-32/h8-10,17,22-23,38,44H,4,7,11-16,18-21H2,1-3,5-6H3/b31-24-,37-22?. The third-order valence-corrected chi connectivity index (χ3v) is 11.5. The Bertz CT molecular complexity index is 1410. The first-order valence-corrected chi connectivity index (χ1v) is 17.6. The molecule has 1 aromatic rings. The number of likely N-dealkylation sites (tertiary alicyclic amines) is 1. The summed E-state index contributed by atoms with van der Waals surface area (Å²) in [7, 11) is 2.85. The second kappa shape index (κ2) is 14.1. The van der Waals surface area contributed by atoms with Crippen molar-refractivity contribution in [3.05, 3.63) is 64.8 Å². The van der Waals surface area contributed by atoms with E-state index in [-0.39, 0.29) is 23.4 Å². The van der Waals surface area contributed by atoms with E-state index in [4.69, 9.17) is 14.8 Å². The molecule has 4 aliphatic rings. The summed E-state index contributed by atoms with van der Waals surface area (Å²) in [5.41, 5.74) is 2.04. The van der Waals surface area contributed by atoms with Crippen LogP contribution in [0.2, 0.25) is 0 Å². The zero-order valence-corrected chi connectivity index (χ0v) is 28.5. The maximum absolute atomic E-state index is 14.6. The number of amidine groups is 1. The number of morpholine rings is 1. The predicted octanol–water partition coefficient (Wildman–Crippen LogP) is 5.94. The monoisotopic (exact) mass is 661 g/mol. The fourth-order valence-electron chi connectivity index (χ4n) is 6.43. The lowest BCUT2D eigenvalue weighted by Gasteiger charge is -2.42. The highest BCUT2D eigenvalue weighted by Crippen LogP contribution is 2.58. The zero-order valence-electron chi connectivity index (χ0n) is 27.6. The molecular formula is C33H47F3N7O2P. The molecule has 0 aliphatic carbocycles. The first kappa shape index (κ1) is 34.4. The lowest BCUT2D eigenvalue weighted by Crippen LogP contribution is -2.42. The van der Waals surface area contributed by atoms with Gasteiger partial charge in [-0.1, -0.05) is 26.5 Å². The summed E-state index contributed by atoms with van der Waals surface area (Å²) in [6, 6.07) is 4.34. The van der Waals surface area contributed by atoms with Gasteiger partial charge in [-0.05, 0) is 67.7 Å². The van der Waals surface area contributed by atoms with Crippen molar-refractivity contribution in [2.75, 3.05) is 71.1 Å². The van der Waals surface area contributed by atoms with Crippen molar-refractivity contribution in [2.45, 2.75) is 46.3 Å². The second-order valence-corrected chi connectivity index (χ2v) is 14.8. The molecule has 0 radical (unpaired) electrons. The molecule has 4 aliphatic heterocycles. The molecule has 252 valence electrons. The highest BCUT2D eigenvalue weighted by atomic mass is 31.1. The van der Waals surface area contributed by atoms with Crippen LogP contribution in [-0.4, -0.2) is 103 Å². The van der Waals surface area contributed by atoms with Crippen LogP contribution in [0, 0.1) is 11.3 Å². The van der Waals surface area contributed by atoms with E-state index in [2.05, 4.69) is 35.5 Å². The number of hydrogen-bond acceptors (Lipinski definition) is 8. The van der Waals surface area contributed by atoms with Crippen LogP contribution < -0.4 is 5.32 Å². The van der Waals surface area contributed by atoms with Crippen LogP contribution in [0.3, 0.4) is 0 Å². The number of hydrazone groups is 1. The number of nitrogens with zero attached hydrogens (tertiary/aromatic N) is 6. The molecule has 9 nitrogen and oxygen atoms in total. The van der Waals surface area contributed by atoms with E-state index in [1.807, 2.05) is 32.0 Å². The average molecular weight is 662 g/mol. The molecule has 1 aromatic carbocycles. The molecule has 4 heterocycles. The number of halogens is 3. The number of hydrogen-bond donors (Lipinski definition) is 2. The van der Waals surface area contributed by atoms with Crippen molar-refractivity contribution in [2.24, 2.45) is 21.4 Å². The van der Waals surface area contributed by atoms with Gasteiger partial charge in [0.2, 0.25) is 0 Å². The minimum atomic E-state index is -4.52. The smallest absolute Gasteiger partial charge is 0.378 e. The van der Waals surface area contributed by atoms with Gasteiger partial charge in [0.1, 0.15) is 5.82 Å². The van der Waals surface area contributed by atoms with Gasteiger partial charge in [-0.2, -0.15) is 13.2 Å². The van der Waals surface area contributed by atoms with Crippen molar-refractivity contribution in [1.29, 1.82) is 0 Å². The predicted molar refractivity (Wildman–Crippen MR) is 179 cm³/mol. The molecule has 0 bridgehead atoms. The highest BCUT2D eigenvalue weighted by Gasteiger charge is 2.48. The molecule has 1 unspecified atom stereocenters. The number of aliphatic imine (C=N–C) groups is 1. The minimum absolute atomic E-state index is 0.0331. The van der Waals surface area contributed by atoms with Crippen molar-refractivity contribution in [1.82, 2.24) is 19.7 Å². The molecule has 0 aromatic heterocycles. The van der Waals surface area contributed by atoms with Gasteiger partial charge < -0.3 is 24.7 Å². The number of allylic oxidation sites excluding steroid dienone is 1. The average Bonchev–Trinajstić information content (AvgIpc) is 3.42. The molecule has 1 spiro atoms. The molecule has 2 N–H and O–H groups in total. The zero-order chi connectivity index (χ0) is 33.2. The van der Waals surface area contributed by atoms with Crippen molar-refractivity contribution >= 4 is 26.0 Å². The topological polar surface area (TPSA) is 79.2 Å². The summed E-state index contributed by atoms with van der Waals surface area (Å²) in [5, 5.41) is 10.2. The maximum Gasteiger partial charge on any atom is 0.416 e. The SMILES string of the molecule is C=C1C(N=CN(C)C)=CC(N2CCOCC2)=NN1/C(Nc1cccc(C(F)(F)F)c1CN1CCC2(C1)CP(O)C2)=C(/C)C(C)CC. The number of alkyl halides is 3. The van der Waals surface area contributed by atoms with E-state index in [0.717, 1.165) is 30.7 Å². The lowest BCUT2D eigenvalue weighted by atomic mass is 9.91. The van der Waals surface area contributed by atoms with E-state index in [9.17, 15) is 18.1 Å². The van der Waals surface area contributed by atoms with Crippen LogP contribution in [0.4, 0.5) is 18.9 Å². The maximum atomic E-state index is 14.6. The van der Waals surface area contributed by atoms with Gasteiger partial charge in [0, 0.05) is 65.7 Å². The number of nitrogens with one attached hydrogen (secondary N) is 1. The third-order valence-electron chi connectivity index (χ3n) is 9.39. The Balaban J connectivity index is 1.56. The number of ether oxygens (including phenoxy) is 1. The van der Waals surface area contributed by atoms with E-state index >= 15 is 0 Å². The first-order valence-electron chi connectivity index (χ1n) is 16.0. The molecule has 5 rings (SSSR count). The van der Waals surface area contributed by atoms with Gasteiger partial charge >= 0.3 is 6.18 Å². The van der Waals surface area contributed by atoms with Crippen molar-refractivity contribution < 1.29 is 22.8 Å². The molecular weight excluding hydrogens is 614 g/mol.